The van der Waals surface area contributed by atoms with Crippen LogP contribution in [0.2, 0.25) is 0 Å². The quantitative estimate of drug-likeness (QED) is 0.768. The first-order chi connectivity index (χ1) is 10.2. The van der Waals surface area contributed by atoms with Crippen molar-refractivity contribution in [3.63, 3.8) is 0 Å². The Bertz CT molecular complexity index is 539. The van der Waals surface area contributed by atoms with E-state index >= 15 is 0 Å². The predicted octanol–water partition coefficient (Wildman–Crippen LogP) is 4.02. The molecular formula is C16H24N4O. The third-order valence-corrected chi connectivity index (χ3v) is 3.14. The summed E-state index contributed by atoms with van der Waals surface area (Å²) in [6.45, 7) is 7.24. The van der Waals surface area contributed by atoms with E-state index in [0.717, 1.165) is 49.0 Å². The molecular weight excluding hydrogens is 264 g/mol. The molecule has 0 aliphatic rings. The molecule has 0 saturated carbocycles. The van der Waals surface area contributed by atoms with E-state index in [1.165, 1.54) is 0 Å². The van der Waals surface area contributed by atoms with Gasteiger partial charge in [0.1, 0.15) is 23.2 Å². The van der Waals surface area contributed by atoms with Crippen molar-refractivity contribution < 1.29 is 4.42 Å². The van der Waals surface area contributed by atoms with Crippen LogP contribution in [0, 0.1) is 0 Å². The van der Waals surface area contributed by atoms with E-state index in [1.54, 1.807) is 6.26 Å². The normalized spacial score (nSPS) is 12.1. The van der Waals surface area contributed by atoms with Gasteiger partial charge in [-0.1, -0.05) is 13.8 Å². The lowest BCUT2D eigenvalue weighted by atomic mass is 10.2. The number of rotatable bonds is 8. The van der Waals surface area contributed by atoms with Gasteiger partial charge >= 0.3 is 0 Å². The van der Waals surface area contributed by atoms with Gasteiger partial charge in [-0.3, -0.25) is 0 Å². The predicted molar refractivity (Wildman–Crippen MR) is 85.6 cm³/mol. The molecule has 2 aromatic rings. The van der Waals surface area contributed by atoms with Gasteiger partial charge in [-0.05, 0) is 31.9 Å². The molecule has 2 N–H and O–H groups in total. The van der Waals surface area contributed by atoms with Crippen LogP contribution in [0.5, 0.6) is 0 Å². The topological polar surface area (TPSA) is 63.0 Å². The maximum absolute atomic E-state index is 5.42. The molecule has 21 heavy (non-hydrogen) atoms. The fourth-order valence-corrected chi connectivity index (χ4v) is 2.08. The van der Waals surface area contributed by atoms with Gasteiger partial charge in [0.2, 0.25) is 0 Å². The average Bonchev–Trinajstić information content (AvgIpc) is 2.99. The van der Waals surface area contributed by atoms with E-state index < -0.39 is 0 Å². The van der Waals surface area contributed by atoms with Crippen LogP contribution in [0.25, 0.3) is 0 Å². The maximum Gasteiger partial charge on any atom is 0.133 e. The highest BCUT2D eigenvalue weighted by Gasteiger charge is 2.10. The van der Waals surface area contributed by atoms with Gasteiger partial charge in [0.25, 0.3) is 0 Å². The second-order valence-corrected chi connectivity index (χ2v) is 5.11. The Labute approximate surface area is 126 Å². The van der Waals surface area contributed by atoms with E-state index in [9.17, 15) is 0 Å². The van der Waals surface area contributed by atoms with Crippen molar-refractivity contribution in [1.82, 2.24) is 9.97 Å². The Balaban J connectivity index is 2.14. The monoisotopic (exact) mass is 288 g/mol. The summed E-state index contributed by atoms with van der Waals surface area (Å²) < 4.78 is 5.42. The molecule has 1 atom stereocenters. The smallest absolute Gasteiger partial charge is 0.133 e. The zero-order valence-corrected chi connectivity index (χ0v) is 13.0. The van der Waals surface area contributed by atoms with E-state index in [0.29, 0.717) is 0 Å². The lowest BCUT2D eigenvalue weighted by Gasteiger charge is -2.14. The van der Waals surface area contributed by atoms with Crippen molar-refractivity contribution in [2.75, 3.05) is 17.2 Å². The standard InChI is InChI=1S/C16H24N4O/c1-4-7-14-19-15(17-9-5-2)11-16(20-14)18-12(3)13-8-6-10-21-13/h6,8,10-12H,4-5,7,9H2,1-3H3,(H2,17,18,19,20). The molecule has 0 spiro atoms. The summed E-state index contributed by atoms with van der Waals surface area (Å²) in [5, 5.41) is 6.70. The van der Waals surface area contributed by atoms with Gasteiger partial charge < -0.3 is 15.1 Å². The number of nitrogens with zero attached hydrogens (tertiary/aromatic N) is 2. The highest BCUT2D eigenvalue weighted by Crippen LogP contribution is 2.20. The second kappa shape index (κ2) is 7.67. The van der Waals surface area contributed by atoms with Crippen molar-refractivity contribution in [3.8, 4) is 0 Å². The third-order valence-electron chi connectivity index (χ3n) is 3.14. The Hall–Kier alpha value is -2.04. The van der Waals surface area contributed by atoms with Crippen LogP contribution in [0.3, 0.4) is 0 Å². The van der Waals surface area contributed by atoms with Crippen molar-refractivity contribution >= 4 is 11.6 Å². The summed E-state index contributed by atoms with van der Waals surface area (Å²) in [5.74, 6) is 3.47. The van der Waals surface area contributed by atoms with Crippen LogP contribution < -0.4 is 10.6 Å². The molecule has 0 aliphatic heterocycles. The molecule has 0 aromatic carbocycles. The SMILES string of the molecule is CCCNc1cc(NC(C)c2ccco2)nc(CCC)n1. The number of aryl methyl sites for hydroxylation is 1. The average molecular weight is 288 g/mol. The van der Waals surface area contributed by atoms with Crippen molar-refractivity contribution in [3.05, 3.63) is 36.0 Å². The largest absolute Gasteiger partial charge is 0.467 e. The third kappa shape index (κ3) is 4.48. The molecule has 2 aromatic heterocycles. The van der Waals surface area contributed by atoms with E-state index in [2.05, 4.69) is 41.4 Å². The van der Waals surface area contributed by atoms with Gasteiger partial charge in [-0.15, -0.1) is 0 Å². The van der Waals surface area contributed by atoms with Crippen molar-refractivity contribution in [2.24, 2.45) is 0 Å². The zero-order chi connectivity index (χ0) is 15.1. The minimum atomic E-state index is 0.0726. The van der Waals surface area contributed by atoms with Gasteiger partial charge in [0, 0.05) is 19.0 Å². The Morgan fingerprint density at radius 2 is 2.00 bits per heavy atom. The Morgan fingerprint density at radius 3 is 2.67 bits per heavy atom. The Kier molecular flexibility index (Phi) is 5.60. The highest BCUT2D eigenvalue weighted by atomic mass is 16.3. The fourth-order valence-electron chi connectivity index (χ4n) is 2.08. The molecule has 0 amide bonds. The molecule has 2 rings (SSSR count). The lowest BCUT2D eigenvalue weighted by Crippen LogP contribution is -2.11. The van der Waals surface area contributed by atoms with Gasteiger partial charge in [0.15, 0.2) is 0 Å². The first-order valence-corrected chi connectivity index (χ1v) is 7.64. The van der Waals surface area contributed by atoms with E-state index in [1.807, 2.05) is 18.2 Å². The maximum atomic E-state index is 5.42. The number of furan rings is 1. The summed E-state index contributed by atoms with van der Waals surface area (Å²) in [6.07, 6.45) is 4.67. The molecule has 5 heteroatoms. The summed E-state index contributed by atoms with van der Waals surface area (Å²) in [6, 6.07) is 5.88. The fraction of sp³-hybridized carbons (Fsp3) is 0.500. The minimum absolute atomic E-state index is 0.0726. The molecule has 0 fully saturated rings. The van der Waals surface area contributed by atoms with Gasteiger partial charge in [-0.2, -0.15) is 0 Å². The van der Waals surface area contributed by atoms with Crippen LogP contribution in [-0.4, -0.2) is 16.5 Å². The molecule has 0 bridgehead atoms. The van der Waals surface area contributed by atoms with Crippen molar-refractivity contribution in [2.45, 2.75) is 46.1 Å². The highest BCUT2D eigenvalue weighted by molar-refractivity contribution is 5.48. The summed E-state index contributed by atoms with van der Waals surface area (Å²) in [7, 11) is 0. The first-order valence-electron chi connectivity index (χ1n) is 7.64. The van der Waals surface area contributed by atoms with Crippen LogP contribution >= 0.6 is 0 Å². The summed E-state index contributed by atoms with van der Waals surface area (Å²) >= 11 is 0. The van der Waals surface area contributed by atoms with Crippen LogP contribution in [-0.2, 0) is 6.42 Å². The molecule has 5 nitrogen and oxygen atoms in total. The molecule has 2 heterocycles. The Morgan fingerprint density at radius 1 is 1.19 bits per heavy atom. The van der Waals surface area contributed by atoms with Crippen LogP contribution in [0.15, 0.2) is 28.9 Å². The molecule has 114 valence electrons. The lowest BCUT2D eigenvalue weighted by molar-refractivity contribution is 0.490. The summed E-state index contributed by atoms with van der Waals surface area (Å²) in [5.41, 5.74) is 0. The van der Waals surface area contributed by atoms with Crippen LogP contribution in [0.1, 0.15) is 51.2 Å². The number of nitrogens with one attached hydrogen (secondary N) is 2. The molecule has 0 radical (unpaired) electrons. The molecule has 1 unspecified atom stereocenters. The van der Waals surface area contributed by atoms with Gasteiger partial charge in [0.05, 0.1) is 12.3 Å². The van der Waals surface area contributed by atoms with E-state index in [-0.39, 0.29) is 6.04 Å². The zero-order valence-electron chi connectivity index (χ0n) is 13.0. The first kappa shape index (κ1) is 15.4. The minimum Gasteiger partial charge on any atom is -0.467 e. The van der Waals surface area contributed by atoms with Gasteiger partial charge in [-0.25, -0.2) is 9.97 Å². The number of hydrogen-bond acceptors (Lipinski definition) is 5. The second-order valence-electron chi connectivity index (χ2n) is 5.11. The number of hydrogen-bond donors (Lipinski definition) is 2. The van der Waals surface area contributed by atoms with Crippen LogP contribution in [0.4, 0.5) is 11.6 Å². The number of anilines is 2. The number of aromatic nitrogens is 2. The van der Waals surface area contributed by atoms with Crippen molar-refractivity contribution in [1.29, 1.82) is 0 Å². The molecule has 0 saturated heterocycles. The molecule has 0 aliphatic carbocycles. The van der Waals surface area contributed by atoms with E-state index in [4.69, 9.17) is 4.42 Å². The summed E-state index contributed by atoms with van der Waals surface area (Å²) in [4.78, 5) is 9.12.